The van der Waals surface area contributed by atoms with Crippen molar-refractivity contribution >= 4 is 11.6 Å². The van der Waals surface area contributed by atoms with Crippen LogP contribution in [0.2, 0.25) is 5.02 Å². The fourth-order valence-corrected chi connectivity index (χ4v) is 2.87. The van der Waals surface area contributed by atoms with E-state index in [0.29, 0.717) is 5.02 Å². The summed E-state index contributed by atoms with van der Waals surface area (Å²) >= 11 is 6.18. The monoisotopic (exact) mass is 428 g/mol. The number of ether oxygens (including phenoxy) is 2. The Balaban J connectivity index is 2.06. The first-order valence-corrected chi connectivity index (χ1v) is 8.71. The van der Waals surface area contributed by atoms with Gasteiger partial charge in [0.15, 0.2) is 0 Å². The molecule has 3 aromatic rings. The van der Waals surface area contributed by atoms with Gasteiger partial charge in [0.05, 0.1) is 16.3 Å². The van der Waals surface area contributed by atoms with Crippen molar-refractivity contribution in [2.45, 2.75) is 26.8 Å². The molecule has 0 amide bonds. The number of nitrogens with zero attached hydrogens (tertiary/aromatic N) is 4. The Morgan fingerprint density at radius 3 is 2.41 bits per heavy atom. The number of benzene rings is 2. The van der Waals surface area contributed by atoms with Gasteiger partial charge in [0.1, 0.15) is 18.1 Å². The maximum absolute atomic E-state index is 12.9. The maximum atomic E-state index is 12.9. The van der Waals surface area contributed by atoms with Crippen LogP contribution in [0.4, 0.5) is 13.2 Å². The summed E-state index contributed by atoms with van der Waals surface area (Å²) in [5, 5.41) is 7.57. The number of aryl methyl sites for hydroxylation is 3. The summed E-state index contributed by atoms with van der Waals surface area (Å²) in [7, 11) is 1.37. The molecule has 0 aliphatic heterocycles. The van der Waals surface area contributed by atoms with Gasteiger partial charge in [-0.1, -0.05) is 17.7 Å². The van der Waals surface area contributed by atoms with E-state index in [2.05, 4.69) is 15.2 Å². The van der Waals surface area contributed by atoms with Gasteiger partial charge < -0.3 is 9.47 Å². The molecule has 0 saturated carbocycles. The summed E-state index contributed by atoms with van der Waals surface area (Å²) in [5.74, 6) is -0.235. The average molecular weight is 429 g/mol. The van der Waals surface area contributed by atoms with Crippen LogP contribution in [0.15, 0.2) is 35.1 Å². The molecule has 11 heteroatoms. The van der Waals surface area contributed by atoms with Gasteiger partial charge in [-0.15, -0.1) is 13.2 Å². The van der Waals surface area contributed by atoms with E-state index in [1.165, 1.54) is 19.2 Å². The maximum Gasteiger partial charge on any atom is 0.573 e. The molecular weight excluding hydrogens is 413 g/mol. The Kier molecular flexibility index (Phi) is 5.56. The van der Waals surface area contributed by atoms with Gasteiger partial charge in [-0.05, 0) is 59.7 Å². The second-order valence-corrected chi connectivity index (χ2v) is 6.66. The molecule has 0 unspecified atom stereocenters. The van der Waals surface area contributed by atoms with E-state index in [1.807, 2.05) is 13.8 Å². The van der Waals surface area contributed by atoms with Gasteiger partial charge in [0, 0.05) is 7.05 Å². The van der Waals surface area contributed by atoms with Crippen LogP contribution in [-0.2, 0) is 13.7 Å². The topological polar surface area (TPSA) is 71.2 Å². The lowest BCUT2D eigenvalue weighted by Gasteiger charge is -2.17. The molecular formula is C18H16ClF3N4O3. The molecule has 0 atom stereocenters. The molecule has 2 aromatic carbocycles. The third kappa shape index (κ3) is 4.53. The van der Waals surface area contributed by atoms with Crippen LogP contribution < -0.4 is 15.2 Å². The van der Waals surface area contributed by atoms with E-state index in [4.69, 9.17) is 16.3 Å². The third-order valence-electron chi connectivity index (χ3n) is 4.20. The predicted octanol–water partition coefficient (Wildman–Crippen LogP) is 3.71. The van der Waals surface area contributed by atoms with Crippen molar-refractivity contribution in [3.8, 4) is 17.2 Å². The molecule has 1 aromatic heterocycles. The zero-order valence-electron chi connectivity index (χ0n) is 15.6. The average Bonchev–Trinajstić information content (AvgIpc) is 2.95. The van der Waals surface area contributed by atoms with E-state index >= 15 is 0 Å². The third-order valence-corrected chi connectivity index (χ3v) is 4.50. The number of aromatic nitrogens is 4. The van der Waals surface area contributed by atoms with E-state index in [1.54, 1.807) is 12.1 Å². The predicted molar refractivity (Wildman–Crippen MR) is 98.5 cm³/mol. The molecule has 0 bridgehead atoms. The standard InChI is InChI=1S/C18H16ClF3N4O3/c1-10-7-13(19)16(8-11(10)2)28-9-12-14(26-17(27)25(3)23-24-26)5-4-6-15(12)29-18(20,21)22/h4-8H,9H2,1-3H3. The molecule has 0 saturated heterocycles. The number of alkyl halides is 3. The van der Waals surface area contributed by atoms with Crippen molar-refractivity contribution in [2.24, 2.45) is 7.05 Å². The minimum Gasteiger partial charge on any atom is -0.487 e. The van der Waals surface area contributed by atoms with Crippen LogP contribution in [0.3, 0.4) is 0 Å². The summed E-state index contributed by atoms with van der Waals surface area (Å²) in [6.07, 6.45) is -4.93. The minimum absolute atomic E-state index is 0.0401. The number of tetrazole rings is 1. The molecule has 1 heterocycles. The van der Waals surface area contributed by atoms with E-state index in [0.717, 1.165) is 26.6 Å². The molecule has 0 fully saturated rings. The van der Waals surface area contributed by atoms with Crippen molar-refractivity contribution in [1.29, 1.82) is 0 Å². The molecule has 0 spiro atoms. The highest BCUT2D eigenvalue weighted by Crippen LogP contribution is 2.33. The first kappa shape index (κ1) is 20.7. The van der Waals surface area contributed by atoms with E-state index in [9.17, 15) is 18.0 Å². The van der Waals surface area contributed by atoms with Crippen LogP contribution >= 0.6 is 11.6 Å². The highest BCUT2D eigenvalue weighted by molar-refractivity contribution is 6.32. The molecule has 0 radical (unpaired) electrons. The van der Waals surface area contributed by atoms with Gasteiger partial charge in [-0.2, -0.15) is 9.36 Å². The highest BCUT2D eigenvalue weighted by atomic mass is 35.5. The van der Waals surface area contributed by atoms with Crippen LogP contribution in [0, 0.1) is 13.8 Å². The van der Waals surface area contributed by atoms with Gasteiger partial charge in [-0.25, -0.2) is 4.79 Å². The van der Waals surface area contributed by atoms with Crippen LogP contribution in [0.1, 0.15) is 16.7 Å². The summed E-state index contributed by atoms with van der Waals surface area (Å²) in [6, 6.07) is 7.22. The van der Waals surface area contributed by atoms with Crippen molar-refractivity contribution in [3.05, 3.63) is 62.5 Å². The second-order valence-electron chi connectivity index (χ2n) is 6.25. The van der Waals surface area contributed by atoms with E-state index < -0.39 is 17.8 Å². The van der Waals surface area contributed by atoms with E-state index in [-0.39, 0.29) is 23.6 Å². The SMILES string of the molecule is Cc1cc(Cl)c(OCc2c(OC(F)(F)F)cccc2-n2nnn(C)c2=O)cc1C. The largest absolute Gasteiger partial charge is 0.573 e. The smallest absolute Gasteiger partial charge is 0.487 e. The molecule has 3 rings (SSSR count). The lowest BCUT2D eigenvalue weighted by molar-refractivity contribution is -0.275. The fraction of sp³-hybridized carbons (Fsp3) is 0.278. The fourth-order valence-electron chi connectivity index (χ4n) is 2.60. The van der Waals surface area contributed by atoms with Crippen molar-refractivity contribution in [1.82, 2.24) is 19.8 Å². The molecule has 154 valence electrons. The summed E-state index contributed by atoms with van der Waals surface area (Å²) in [4.78, 5) is 12.2. The first-order chi connectivity index (χ1) is 13.6. The molecule has 0 aliphatic rings. The van der Waals surface area contributed by atoms with Crippen molar-refractivity contribution in [3.63, 3.8) is 0 Å². The Hall–Kier alpha value is -3.01. The number of hydrogen-bond donors (Lipinski definition) is 0. The first-order valence-electron chi connectivity index (χ1n) is 8.33. The summed E-state index contributed by atoms with van der Waals surface area (Å²) in [6.45, 7) is 3.37. The molecule has 29 heavy (non-hydrogen) atoms. The molecule has 0 aliphatic carbocycles. The normalized spacial score (nSPS) is 11.6. The van der Waals surface area contributed by atoms with Crippen LogP contribution in [-0.4, -0.2) is 26.2 Å². The van der Waals surface area contributed by atoms with Crippen LogP contribution in [0.5, 0.6) is 11.5 Å². The van der Waals surface area contributed by atoms with Gasteiger partial charge in [-0.3, -0.25) is 0 Å². The second kappa shape index (κ2) is 7.78. The lowest BCUT2D eigenvalue weighted by Crippen LogP contribution is -2.24. The Bertz CT molecular complexity index is 1110. The van der Waals surface area contributed by atoms with Crippen LogP contribution in [0.25, 0.3) is 5.69 Å². The Morgan fingerprint density at radius 1 is 1.10 bits per heavy atom. The number of halogens is 4. The summed E-state index contributed by atoms with van der Waals surface area (Å²) in [5.41, 5.74) is 1.20. The number of rotatable bonds is 5. The number of hydrogen-bond acceptors (Lipinski definition) is 5. The zero-order valence-corrected chi connectivity index (χ0v) is 16.4. The summed E-state index contributed by atoms with van der Waals surface area (Å²) < 4.78 is 50.2. The highest BCUT2D eigenvalue weighted by Gasteiger charge is 2.33. The van der Waals surface area contributed by atoms with Gasteiger partial charge in [0.25, 0.3) is 0 Å². The van der Waals surface area contributed by atoms with Crippen molar-refractivity contribution < 1.29 is 22.6 Å². The molecule has 7 nitrogen and oxygen atoms in total. The van der Waals surface area contributed by atoms with Gasteiger partial charge in [0.2, 0.25) is 0 Å². The minimum atomic E-state index is -4.93. The quantitative estimate of drug-likeness (QED) is 0.619. The lowest BCUT2D eigenvalue weighted by atomic mass is 10.1. The van der Waals surface area contributed by atoms with Crippen molar-refractivity contribution in [2.75, 3.05) is 0 Å². The Labute approximate surface area is 168 Å². The Morgan fingerprint density at radius 2 is 1.79 bits per heavy atom. The molecule has 0 N–H and O–H groups in total. The van der Waals surface area contributed by atoms with Gasteiger partial charge >= 0.3 is 12.1 Å². The zero-order chi connectivity index (χ0) is 21.3.